The minimum Gasteiger partial charge on any atom is -0.393 e. The monoisotopic (exact) mass is 235 g/mol. The molecule has 88 valence electrons. The molecular formula is C14H21NS. The molecule has 0 aliphatic carbocycles. The fraction of sp³-hybridized carbons (Fsp3) is 0.500. The van der Waals surface area contributed by atoms with Crippen molar-refractivity contribution in [2.45, 2.75) is 47.0 Å². The van der Waals surface area contributed by atoms with Gasteiger partial charge in [0.1, 0.15) is 0 Å². The number of hydrogen-bond acceptors (Lipinski definition) is 1. The van der Waals surface area contributed by atoms with Crippen LogP contribution in [0, 0.1) is 27.7 Å². The van der Waals surface area contributed by atoms with Crippen molar-refractivity contribution in [3.63, 3.8) is 0 Å². The van der Waals surface area contributed by atoms with E-state index in [4.69, 9.17) is 18.0 Å². The maximum Gasteiger partial charge on any atom is 0.0733 e. The Labute approximate surface area is 104 Å². The first-order valence-electron chi connectivity index (χ1n) is 5.70. The molecule has 0 radical (unpaired) electrons. The Balaban J connectivity index is 3.26. The average Bonchev–Trinajstić information content (AvgIpc) is 2.14. The number of nitrogens with two attached hydrogens (primary N) is 1. The summed E-state index contributed by atoms with van der Waals surface area (Å²) in [4.78, 5) is 0.602. The van der Waals surface area contributed by atoms with Gasteiger partial charge in [-0.15, -0.1) is 0 Å². The number of rotatable bonds is 3. The second-order valence-electron chi connectivity index (χ2n) is 4.75. The third kappa shape index (κ3) is 2.62. The minimum absolute atomic E-state index is 0.413. The Hall–Kier alpha value is -0.890. The fourth-order valence-electron chi connectivity index (χ4n) is 2.39. The topological polar surface area (TPSA) is 26.0 Å². The summed E-state index contributed by atoms with van der Waals surface area (Å²) in [5.74, 6) is 0.413. The van der Waals surface area contributed by atoms with Crippen molar-refractivity contribution in [3.8, 4) is 0 Å². The van der Waals surface area contributed by atoms with E-state index < -0.39 is 0 Å². The van der Waals surface area contributed by atoms with Gasteiger partial charge in [0, 0.05) is 6.42 Å². The third-order valence-corrected chi connectivity index (χ3v) is 3.59. The summed E-state index contributed by atoms with van der Waals surface area (Å²) in [7, 11) is 0. The highest BCUT2D eigenvalue weighted by atomic mass is 32.1. The zero-order chi connectivity index (χ0) is 12.5. The van der Waals surface area contributed by atoms with E-state index in [9.17, 15) is 0 Å². The van der Waals surface area contributed by atoms with Crippen molar-refractivity contribution in [2.24, 2.45) is 5.73 Å². The van der Waals surface area contributed by atoms with Gasteiger partial charge in [0.2, 0.25) is 0 Å². The molecule has 0 spiro atoms. The average molecular weight is 235 g/mol. The molecule has 0 amide bonds. The Morgan fingerprint density at radius 1 is 1.19 bits per heavy atom. The van der Waals surface area contributed by atoms with Crippen LogP contribution in [-0.4, -0.2) is 4.99 Å². The summed E-state index contributed by atoms with van der Waals surface area (Å²) < 4.78 is 0. The molecule has 0 aliphatic rings. The largest absolute Gasteiger partial charge is 0.393 e. The molecule has 0 fully saturated rings. The smallest absolute Gasteiger partial charge is 0.0733 e. The lowest BCUT2D eigenvalue weighted by Crippen LogP contribution is -2.13. The van der Waals surface area contributed by atoms with E-state index in [2.05, 4.69) is 40.7 Å². The van der Waals surface area contributed by atoms with Crippen LogP contribution in [0.5, 0.6) is 0 Å². The van der Waals surface area contributed by atoms with E-state index in [1.165, 1.54) is 27.8 Å². The SMILES string of the molecule is Cc1cc(C)c(C)c(C(C)CC(N)=S)c1C. The van der Waals surface area contributed by atoms with Gasteiger partial charge in [0.25, 0.3) is 0 Å². The molecule has 2 heteroatoms. The molecule has 1 rings (SSSR count). The van der Waals surface area contributed by atoms with Gasteiger partial charge >= 0.3 is 0 Å². The van der Waals surface area contributed by atoms with E-state index in [1.807, 2.05) is 0 Å². The lowest BCUT2D eigenvalue weighted by Gasteiger charge is -2.20. The van der Waals surface area contributed by atoms with E-state index in [-0.39, 0.29) is 0 Å². The zero-order valence-electron chi connectivity index (χ0n) is 10.8. The van der Waals surface area contributed by atoms with Gasteiger partial charge in [-0.05, 0) is 61.4 Å². The first-order chi connectivity index (χ1) is 7.34. The molecule has 0 heterocycles. The quantitative estimate of drug-likeness (QED) is 0.808. The molecule has 0 saturated carbocycles. The van der Waals surface area contributed by atoms with Gasteiger partial charge in [-0.25, -0.2) is 0 Å². The van der Waals surface area contributed by atoms with Crippen LogP contribution in [0.15, 0.2) is 6.07 Å². The number of aryl methyl sites for hydroxylation is 2. The van der Waals surface area contributed by atoms with Gasteiger partial charge in [-0.1, -0.05) is 25.2 Å². The van der Waals surface area contributed by atoms with Crippen LogP contribution in [0.2, 0.25) is 0 Å². The van der Waals surface area contributed by atoms with Crippen molar-refractivity contribution in [3.05, 3.63) is 33.9 Å². The van der Waals surface area contributed by atoms with Crippen molar-refractivity contribution in [1.29, 1.82) is 0 Å². The molecule has 0 aliphatic heterocycles. The molecule has 1 atom stereocenters. The van der Waals surface area contributed by atoms with E-state index >= 15 is 0 Å². The molecule has 1 aromatic rings. The molecule has 1 aromatic carbocycles. The summed E-state index contributed by atoms with van der Waals surface area (Å²) in [5, 5.41) is 0. The predicted octanol–water partition coefficient (Wildman–Crippen LogP) is 3.70. The normalized spacial score (nSPS) is 12.6. The molecule has 0 bridgehead atoms. The van der Waals surface area contributed by atoms with Crippen LogP contribution >= 0.6 is 12.2 Å². The Kier molecular flexibility index (Phi) is 4.09. The van der Waals surface area contributed by atoms with Crippen molar-refractivity contribution in [2.75, 3.05) is 0 Å². The van der Waals surface area contributed by atoms with E-state index in [0.717, 1.165) is 6.42 Å². The molecule has 16 heavy (non-hydrogen) atoms. The lowest BCUT2D eigenvalue weighted by atomic mass is 9.85. The fourth-order valence-corrected chi connectivity index (χ4v) is 2.64. The Morgan fingerprint density at radius 2 is 1.62 bits per heavy atom. The van der Waals surface area contributed by atoms with Gasteiger partial charge < -0.3 is 5.73 Å². The van der Waals surface area contributed by atoms with Gasteiger partial charge in [0.15, 0.2) is 0 Å². The Morgan fingerprint density at radius 3 is 2.00 bits per heavy atom. The lowest BCUT2D eigenvalue weighted by molar-refractivity contribution is 0.787. The highest BCUT2D eigenvalue weighted by Gasteiger charge is 2.15. The number of benzene rings is 1. The molecule has 1 unspecified atom stereocenters. The van der Waals surface area contributed by atoms with Crippen LogP contribution in [-0.2, 0) is 0 Å². The number of thiocarbonyl (C=S) groups is 1. The van der Waals surface area contributed by atoms with E-state index in [0.29, 0.717) is 10.9 Å². The van der Waals surface area contributed by atoms with Crippen LogP contribution in [0.3, 0.4) is 0 Å². The molecule has 0 aromatic heterocycles. The van der Waals surface area contributed by atoms with Crippen molar-refractivity contribution < 1.29 is 0 Å². The summed E-state index contributed by atoms with van der Waals surface area (Å²) in [6.07, 6.45) is 0.792. The maximum absolute atomic E-state index is 5.64. The van der Waals surface area contributed by atoms with Crippen LogP contribution in [0.1, 0.15) is 47.1 Å². The zero-order valence-corrected chi connectivity index (χ0v) is 11.7. The van der Waals surface area contributed by atoms with Crippen molar-refractivity contribution in [1.82, 2.24) is 0 Å². The molecule has 2 N–H and O–H groups in total. The standard InChI is InChI=1S/C14H21NS/c1-8-6-9(2)12(5)14(11(8)4)10(3)7-13(15)16/h6,10H,7H2,1-5H3,(H2,15,16). The van der Waals surface area contributed by atoms with Crippen LogP contribution < -0.4 is 5.73 Å². The summed E-state index contributed by atoms with van der Waals surface area (Å²) in [6.45, 7) is 10.9. The highest BCUT2D eigenvalue weighted by molar-refractivity contribution is 7.80. The van der Waals surface area contributed by atoms with Crippen LogP contribution in [0.25, 0.3) is 0 Å². The van der Waals surface area contributed by atoms with Gasteiger partial charge in [-0.2, -0.15) is 0 Å². The van der Waals surface area contributed by atoms with Crippen LogP contribution in [0.4, 0.5) is 0 Å². The van der Waals surface area contributed by atoms with E-state index in [1.54, 1.807) is 0 Å². The summed E-state index contributed by atoms with van der Waals surface area (Å²) in [6, 6.07) is 2.25. The summed E-state index contributed by atoms with van der Waals surface area (Å²) >= 11 is 5.00. The van der Waals surface area contributed by atoms with Crippen molar-refractivity contribution >= 4 is 17.2 Å². The molecule has 1 nitrogen and oxygen atoms in total. The Bertz CT molecular complexity index is 395. The van der Waals surface area contributed by atoms with Gasteiger partial charge in [-0.3, -0.25) is 0 Å². The second kappa shape index (κ2) is 4.96. The molecular weight excluding hydrogens is 214 g/mol. The van der Waals surface area contributed by atoms with Gasteiger partial charge in [0.05, 0.1) is 4.99 Å². The number of hydrogen-bond donors (Lipinski definition) is 1. The minimum atomic E-state index is 0.413. The first-order valence-corrected chi connectivity index (χ1v) is 6.11. The highest BCUT2D eigenvalue weighted by Crippen LogP contribution is 2.30. The molecule has 0 saturated heterocycles. The second-order valence-corrected chi connectivity index (χ2v) is 5.27. The predicted molar refractivity (Wildman–Crippen MR) is 75.2 cm³/mol. The maximum atomic E-state index is 5.64. The summed E-state index contributed by atoms with van der Waals surface area (Å²) in [5.41, 5.74) is 12.5. The first kappa shape index (κ1) is 13.2. The third-order valence-electron chi connectivity index (χ3n) is 3.42.